The zero-order valence-electron chi connectivity index (χ0n) is 16.8. The monoisotopic (exact) mass is 433 g/mol. The van der Waals surface area contributed by atoms with Gasteiger partial charge < -0.3 is 15.2 Å². The van der Waals surface area contributed by atoms with Crippen molar-refractivity contribution in [3.8, 4) is 5.75 Å². The summed E-state index contributed by atoms with van der Waals surface area (Å²) >= 11 is 0. The lowest BCUT2D eigenvalue weighted by Crippen LogP contribution is -2.41. The highest BCUT2D eigenvalue weighted by molar-refractivity contribution is 7.85. The molecule has 0 fully saturated rings. The summed E-state index contributed by atoms with van der Waals surface area (Å²) in [6.07, 6.45) is -0.927. The fraction of sp³-hybridized carbons (Fsp3) is 0.300. The highest BCUT2D eigenvalue weighted by atomic mass is 32.2. The van der Waals surface area contributed by atoms with Crippen LogP contribution < -0.4 is 10.5 Å². The zero-order valence-corrected chi connectivity index (χ0v) is 17.6. The molecule has 2 atom stereocenters. The number of nitrogens with two attached hydrogens (primary N) is 1. The van der Waals surface area contributed by atoms with E-state index in [-0.39, 0.29) is 11.9 Å². The Morgan fingerprint density at radius 2 is 1.83 bits per heavy atom. The molecule has 3 rings (SSSR count). The maximum absolute atomic E-state index is 13.3. The van der Waals surface area contributed by atoms with Crippen molar-refractivity contribution in [3.63, 3.8) is 0 Å². The molecule has 0 saturated carbocycles. The smallest absolute Gasteiger partial charge is 0.267 e. The topological polar surface area (TPSA) is 132 Å². The molecule has 9 nitrogen and oxygen atoms in total. The number of rotatable bonds is 7. The third kappa shape index (κ3) is 3.89. The summed E-state index contributed by atoms with van der Waals surface area (Å²) in [5.41, 5.74) is 6.05. The molecule has 1 aliphatic heterocycles. The van der Waals surface area contributed by atoms with E-state index < -0.39 is 27.5 Å². The average molecular weight is 433 g/mol. The quantitative estimate of drug-likeness (QED) is 0.629. The first-order valence-corrected chi connectivity index (χ1v) is 10.6. The molecule has 0 aliphatic carbocycles. The number of carbonyl (C=O) groups excluding carboxylic acids is 1. The van der Waals surface area contributed by atoms with Crippen LogP contribution in [0.4, 0.5) is 0 Å². The molecule has 10 heteroatoms. The lowest BCUT2D eigenvalue weighted by Gasteiger charge is -2.27. The standard InChI is InChI=1S/C20H23N3O6S/c1-23-18(24)20(22-19(23)21,14-7-9-16(28-2)10-8-14)15-6-4-5-13(11-15)17(29-3)12-30(25,26)27/h4-11,17H,12H2,1-3H3,(H2,21,22)(H,25,26,27). The fourth-order valence-corrected chi connectivity index (χ4v) is 4.18. The van der Waals surface area contributed by atoms with Crippen LogP contribution in [0.15, 0.2) is 53.5 Å². The van der Waals surface area contributed by atoms with Crippen molar-refractivity contribution in [1.82, 2.24) is 4.90 Å². The number of hydrogen-bond donors (Lipinski definition) is 2. The second kappa shape index (κ2) is 8.05. The van der Waals surface area contributed by atoms with E-state index in [1.807, 2.05) is 0 Å². The minimum Gasteiger partial charge on any atom is -0.497 e. The van der Waals surface area contributed by atoms with Gasteiger partial charge in [0.15, 0.2) is 11.5 Å². The van der Waals surface area contributed by atoms with E-state index in [9.17, 15) is 17.8 Å². The average Bonchev–Trinajstić information content (AvgIpc) is 2.96. The van der Waals surface area contributed by atoms with Crippen molar-refractivity contribution in [1.29, 1.82) is 0 Å². The van der Waals surface area contributed by atoms with Gasteiger partial charge in [0.1, 0.15) is 11.5 Å². The Hall–Kier alpha value is -2.95. The number of guanidine groups is 1. The molecule has 0 saturated heterocycles. The van der Waals surface area contributed by atoms with Crippen LogP contribution >= 0.6 is 0 Å². The Kier molecular flexibility index (Phi) is 5.84. The minimum atomic E-state index is -4.28. The van der Waals surface area contributed by atoms with E-state index in [1.54, 1.807) is 55.6 Å². The summed E-state index contributed by atoms with van der Waals surface area (Å²) in [6.45, 7) is 0. The molecular formula is C20H23N3O6S. The van der Waals surface area contributed by atoms with Crippen LogP contribution in [-0.4, -0.2) is 56.8 Å². The summed E-state index contributed by atoms with van der Waals surface area (Å²) in [6, 6.07) is 13.6. The second-order valence-corrected chi connectivity index (χ2v) is 8.37. The first-order chi connectivity index (χ1) is 14.1. The molecule has 1 aliphatic rings. The van der Waals surface area contributed by atoms with E-state index in [2.05, 4.69) is 4.99 Å². The molecule has 2 unspecified atom stereocenters. The van der Waals surface area contributed by atoms with Gasteiger partial charge in [0.25, 0.3) is 16.0 Å². The number of amides is 1. The lowest BCUT2D eigenvalue weighted by atomic mass is 9.82. The van der Waals surface area contributed by atoms with Crippen molar-refractivity contribution >= 4 is 22.0 Å². The number of carbonyl (C=O) groups is 1. The number of ether oxygens (including phenoxy) is 2. The summed E-state index contributed by atoms with van der Waals surface area (Å²) in [7, 11) is 0.134. The molecule has 0 bridgehead atoms. The molecule has 0 spiro atoms. The number of likely N-dealkylation sites (N-methyl/N-ethyl adjacent to an activating group) is 1. The molecule has 0 aromatic heterocycles. The van der Waals surface area contributed by atoms with Gasteiger partial charge in [0.2, 0.25) is 0 Å². The first-order valence-electron chi connectivity index (χ1n) is 8.99. The number of methoxy groups -OCH3 is 2. The molecule has 1 heterocycles. The van der Waals surface area contributed by atoms with Gasteiger partial charge in [0.05, 0.1) is 13.2 Å². The number of benzene rings is 2. The van der Waals surface area contributed by atoms with Crippen molar-refractivity contribution in [3.05, 3.63) is 65.2 Å². The van der Waals surface area contributed by atoms with E-state index in [0.29, 0.717) is 22.4 Å². The van der Waals surface area contributed by atoms with Crippen LogP contribution in [0, 0.1) is 0 Å². The Bertz CT molecular complexity index is 1080. The van der Waals surface area contributed by atoms with Crippen molar-refractivity contribution < 1.29 is 27.2 Å². The summed E-state index contributed by atoms with van der Waals surface area (Å²) in [4.78, 5) is 19.1. The molecule has 1 amide bonds. The van der Waals surface area contributed by atoms with Gasteiger partial charge in [0, 0.05) is 14.2 Å². The van der Waals surface area contributed by atoms with Crippen LogP contribution in [0.2, 0.25) is 0 Å². The van der Waals surface area contributed by atoms with Gasteiger partial charge in [-0.3, -0.25) is 14.2 Å². The number of nitrogens with zero attached hydrogens (tertiary/aromatic N) is 2. The number of aliphatic imine (C=N–C) groups is 1. The Morgan fingerprint density at radius 1 is 1.17 bits per heavy atom. The number of hydrogen-bond acceptors (Lipinski definition) is 7. The predicted octanol–water partition coefficient (Wildman–Crippen LogP) is 1.30. The van der Waals surface area contributed by atoms with Gasteiger partial charge in [-0.15, -0.1) is 0 Å². The van der Waals surface area contributed by atoms with E-state index in [1.165, 1.54) is 19.1 Å². The van der Waals surface area contributed by atoms with Crippen LogP contribution in [-0.2, 0) is 25.2 Å². The zero-order chi connectivity index (χ0) is 22.1. The normalized spacial score (nSPS) is 20.2. The van der Waals surface area contributed by atoms with Gasteiger partial charge in [-0.05, 0) is 34.9 Å². The van der Waals surface area contributed by atoms with Crippen LogP contribution in [0.25, 0.3) is 0 Å². The largest absolute Gasteiger partial charge is 0.497 e. The third-order valence-electron chi connectivity index (χ3n) is 5.07. The summed E-state index contributed by atoms with van der Waals surface area (Å²) in [5, 5.41) is 0. The second-order valence-electron chi connectivity index (χ2n) is 6.87. The van der Waals surface area contributed by atoms with E-state index in [4.69, 9.17) is 15.2 Å². The molecule has 2 aromatic rings. The predicted molar refractivity (Wildman–Crippen MR) is 111 cm³/mol. The van der Waals surface area contributed by atoms with Crippen LogP contribution in [0.3, 0.4) is 0 Å². The lowest BCUT2D eigenvalue weighted by molar-refractivity contribution is -0.129. The highest BCUT2D eigenvalue weighted by Gasteiger charge is 2.49. The van der Waals surface area contributed by atoms with Crippen molar-refractivity contribution in [2.24, 2.45) is 10.7 Å². The highest BCUT2D eigenvalue weighted by Crippen LogP contribution is 2.40. The molecule has 30 heavy (non-hydrogen) atoms. The summed E-state index contributed by atoms with van der Waals surface area (Å²) < 4.78 is 42.4. The fourth-order valence-electron chi connectivity index (χ4n) is 3.47. The van der Waals surface area contributed by atoms with E-state index in [0.717, 1.165) is 0 Å². The maximum atomic E-state index is 13.3. The molecule has 160 valence electrons. The van der Waals surface area contributed by atoms with Gasteiger partial charge in [-0.1, -0.05) is 30.3 Å². The molecule has 0 radical (unpaired) electrons. The SMILES string of the molecule is COc1ccc(C2(c3cccc(C(CS(=O)(=O)O)OC)c3)N=C(N)N(C)C2=O)cc1. The Labute approximate surface area is 174 Å². The molecule has 2 aromatic carbocycles. The van der Waals surface area contributed by atoms with Crippen LogP contribution in [0.5, 0.6) is 5.75 Å². The molecule has 3 N–H and O–H groups in total. The van der Waals surface area contributed by atoms with Crippen molar-refractivity contribution in [2.75, 3.05) is 27.0 Å². The Morgan fingerprint density at radius 3 is 2.33 bits per heavy atom. The van der Waals surface area contributed by atoms with Crippen LogP contribution in [0.1, 0.15) is 22.8 Å². The van der Waals surface area contributed by atoms with Gasteiger partial charge >= 0.3 is 0 Å². The van der Waals surface area contributed by atoms with Crippen molar-refractivity contribution in [2.45, 2.75) is 11.6 Å². The Balaban J connectivity index is 2.17. The minimum absolute atomic E-state index is 0.0578. The third-order valence-corrected chi connectivity index (χ3v) is 5.79. The molecular weight excluding hydrogens is 410 g/mol. The first kappa shape index (κ1) is 21.8. The van der Waals surface area contributed by atoms with E-state index >= 15 is 0 Å². The summed E-state index contributed by atoms with van der Waals surface area (Å²) in [5.74, 6) is -0.304. The maximum Gasteiger partial charge on any atom is 0.267 e. The van der Waals surface area contributed by atoms with Gasteiger partial charge in [-0.2, -0.15) is 8.42 Å². The van der Waals surface area contributed by atoms with Gasteiger partial charge in [-0.25, -0.2) is 4.99 Å².